The van der Waals surface area contributed by atoms with Crippen LogP contribution < -0.4 is 5.32 Å². The lowest BCUT2D eigenvalue weighted by molar-refractivity contribution is -0.105. The summed E-state index contributed by atoms with van der Waals surface area (Å²) < 4.78 is 1.94. The third-order valence-corrected chi connectivity index (χ3v) is 5.78. The van der Waals surface area contributed by atoms with Gasteiger partial charge in [-0.2, -0.15) is 0 Å². The summed E-state index contributed by atoms with van der Waals surface area (Å²) in [5, 5.41) is 11.1. The monoisotopic (exact) mass is 387 g/mol. The smallest absolute Gasteiger partial charge is 0.211 e. The standard InChI is InChI=1S/C26H17N3O/c30-16-28-23-14-29(24-7-2-1-6-20(23)24)15-27-22-13-11-19-9-8-17-4-3-5-18-10-12-21(22)26(19)25(17)18/h1-16H,(H,28,30)/b27-15+. The number of nitrogens with one attached hydrogen (secondary N) is 1. The first-order valence-electron chi connectivity index (χ1n) is 9.84. The SMILES string of the molecule is O=CNc1cn(/C=N/c2ccc3ccc4cccc5ccc2c3c45)c2ccccc12. The van der Waals surface area contributed by atoms with Crippen molar-refractivity contribution < 1.29 is 4.79 Å². The van der Waals surface area contributed by atoms with E-state index in [4.69, 9.17) is 4.99 Å². The predicted octanol–water partition coefficient (Wildman–Crippen LogP) is 6.32. The molecule has 0 aliphatic carbocycles. The maximum absolute atomic E-state index is 11.0. The number of nitrogens with zero attached hydrogens (tertiary/aromatic N) is 2. The Balaban J connectivity index is 1.55. The number of carbonyl (C=O) groups excluding carboxylic acids is 1. The lowest BCUT2D eigenvalue weighted by Crippen LogP contribution is -1.94. The summed E-state index contributed by atoms with van der Waals surface area (Å²) >= 11 is 0. The molecule has 0 saturated heterocycles. The molecule has 1 N–H and O–H groups in total. The Hall–Kier alpha value is -4.18. The molecule has 0 bridgehead atoms. The van der Waals surface area contributed by atoms with Gasteiger partial charge in [-0.05, 0) is 39.1 Å². The van der Waals surface area contributed by atoms with Crippen molar-refractivity contribution >= 4 is 67.3 Å². The highest BCUT2D eigenvalue weighted by Gasteiger charge is 2.10. The van der Waals surface area contributed by atoms with Gasteiger partial charge in [-0.3, -0.25) is 4.79 Å². The van der Waals surface area contributed by atoms with Crippen LogP contribution in [-0.2, 0) is 4.79 Å². The van der Waals surface area contributed by atoms with Crippen LogP contribution in [0.1, 0.15) is 0 Å². The molecular formula is C26H17N3O. The number of fused-ring (bicyclic) bond motifs is 1. The summed E-state index contributed by atoms with van der Waals surface area (Å²) in [4.78, 5) is 15.8. The largest absolute Gasteiger partial charge is 0.327 e. The van der Waals surface area contributed by atoms with Crippen LogP contribution >= 0.6 is 0 Å². The summed E-state index contributed by atoms with van der Waals surface area (Å²) in [7, 11) is 0. The second-order valence-corrected chi connectivity index (χ2v) is 7.41. The highest BCUT2D eigenvalue weighted by Crippen LogP contribution is 2.38. The van der Waals surface area contributed by atoms with Crippen molar-refractivity contribution in [1.82, 2.24) is 4.57 Å². The molecule has 6 rings (SSSR count). The molecule has 4 nitrogen and oxygen atoms in total. The summed E-state index contributed by atoms with van der Waals surface area (Å²) in [5.74, 6) is 0. The Kier molecular flexibility index (Phi) is 3.59. The maximum atomic E-state index is 11.0. The third kappa shape index (κ3) is 2.40. The van der Waals surface area contributed by atoms with E-state index in [9.17, 15) is 4.79 Å². The number of anilines is 1. The van der Waals surface area contributed by atoms with Gasteiger partial charge in [-0.15, -0.1) is 0 Å². The molecule has 1 amide bonds. The molecule has 0 saturated carbocycles. The third-order valence-electron chi connectivity index (χ3n) is 5.78. The average Bonchev–Trinajstić information content (AvgIpc) is 3.14. The quantitative estimate of drug-likeness (QED) is 0.164. The van der Waals surface area contributed by atoms with E-state index in [2.05, 4.69) is 59.9 Å². The van der Waals surface area contributed by atoms with Crippen LogP contribution in [0.25, 0.3) is 43.2 Å². The van der Waals surface area contributed by atoms with Crippen molar-refractivity contribution in [2.45, 2.75) is 0 Å². The zero-order chi connectivity index (χ0) is 20.1. The number of rotatable bonds is 4. The van der Waals surface area contributed by atoms with Crippen LogP contribution in [0, 0.1) is 0 Å². The molecule has 0 radical (unpaired) electrons. The lowest BCUT2D eigenvalue weighted by atomic mass is 9.94. The van der Waals surface area contributed by atoms with E-state index in [-0.39, 0.29) is 0 Å². The zero-order valence-electron chi connectivity index (χ0n) is 16.0. The Bertz CT molecular complexity index is 1580. The van der Waals surface area contributed by atoms with Crippen molar-refractivity contribution in [3.8, 4) is 0 Å². The first-order chi connectivity index (χ1) is 14.8. The van der Waals surface area contributed by atoms with Crippen molar-refractivity contribution in [3.05, 3.63) is 85.1 Å². The first kappa shape index (κ1) is 16.7. The van der Waals surface area contributed by atoms with Crippen LogP contribution in [0.3, 0.4) is 0 Å². The van der Waals surface area contributed by atoms with Crippen molar-refractivity contribution in [1.29, 1.82) is 0 Å². The van der Waals surface area contributed by atoms with Gasteiger partial charge in [-0.25, -0.2) is 4.99 Å². The minimum Gasteiger partial charge on any atom is -0.327 e. The van der Waals surface area contributed by atoms with E-state index < -0.39 is 0 Å². The Morgan fingerprint density at radius 1 is 0.733 bits per heavy atom. The second-order valence-electron chi connectivity index (χ2n) is 7.41. The van der Waals surface area contributed by atoms with E-state index in [1.165, 1.54) is 26.9 Å². The van der Waals surface area contributed by atoms with E-state index in [1.807, 2.05) is 41.4 Å². The van der Waals surface area contributed by atoms with Crippen molar-refractivity contribution in [2.24, 2.45) is 4.99 Å². The molecule has 0 fully saturated rings. The van der Waals surface area contributed by atoms with Crippen LogP contribution in [0.4, 0.5) is 11.4 Å². The number of aliphatic imine (C=N–C) groups is 1. The first-order valence-corrected chi connectivity index (χ1v) is 9.84. The molecule has 30 heavy (non-hydrogen) atoms. The van der Waals surface area contributed by atoms with Gasteiger partial charge < -0.3 is 9.88 Å². The summed E-state index contributed by atoms with van der Waals surface area (Å²) in [6.07, 6.45) is 4.40. The number of aromatic nitrogens is 1. The molecule has 1 heterocycles. The van der Waals surface area contributed by atoms with Gasteiger partial charge in [0.1, 0.15) is 0 Å². The maximum Gasteiger partial charge on any atom is 0.211 e. The van der Waals surface area contributed by atoms with Crippen LogP contribution in [0.2, 0.25) is 0 Å². The Labute approximate surface area is 172 Å². The minimum atomic E-state index is 0.699. The minimum absolute atomic E-state index is 0.699. The molecule has 6 aromatic rings. The van der Waals surface area contributed by atoms with E-state index in [0.717, 1.165) is 27.7 Å². The molecule has 0 atom stereocenters. The Morgan fingerprint density at radius 2 is 1.47 bits per heavy atom. The van der Waals surface area contributed by atoms with E-state index >= 15 is 0 Å². The molecule has 0 aliphatic heterocycles. The van der Waals surface area contributed by atoms with Crippen molar-refractivity contribution in [2.75, 3.05) is 5.32 Å². The topological polar surface area (TPSA) is 46.4 Å². The van der Waals surface area contributed by atoms with Gasteiger partial charge in [0.15, 0.2) is 0 Å². The lowest BCUT2D eigenvalue weighted by Gasteiger charge is -2.12. The van der Waals surface area contributed by atoms with Gasteiger partial charge >= 0.3 is 0 Å². The van der Waals surface area contributed by atoms with Gasteiger partial charge in [0.05, 0.1) is 23.2 Å². The van der Waals surface area contributed by atoms with Crippen LogP contribution in [0.5, 0.6) is 0 Å². The molecule has 4 heteroatoms. The molecule has 0 aliphatic rings. The van der Waals surface area contributed by atoms with Crippen molar-refractivity contribution in [3.63, 3.8) is 0 Å². The van der Waals surface area contributed by atoms with E-state index in [0.29, 0.717) is 6.41 Å². The fraction of sp³-hybridized carbons (Fsp3) is 0. The fourth-order valence-corrected chi connectivity index (χ4v) is 4.44. The molecule has 5 aromatic carbocycles. The summed E-state index contributed by atoms with van der Waals surface area (Å²) in [6, 6.07) is 27.2. The predicted molar refractivity (Wildman–Crippen MR) is 125 cm³/mol. The number of benzene rings is 5. The van der Waals surface area contributed by atoms with Gasteiger partial charge in [0.25, 0.3) is 0 Å². The number of amides is 1. The number of carbonyl (C=O) groups is 1. The normalized spacial score (nSPS) is 12.0. The number of hydrogen-bond acceptors (Lipinski definition) is 2. The Morgan fingerprint density at radius 3 is 2.30 bits per heavy atom. The molecular weight excluding hydrogens is 370 g/mol. The average molecular weight is 387 g/mol. The molecule has 1 aromatic heterocycles. The summed E-state index contributed by atoms with van der Waals surface area (Å²) in [5.41, 5.74) is 2.68. The summed E-state index contributed by atoms with van der Waals surface area (Å²) in [6.45, 7) is 0. The van der Waals surface area contributed by atoms with Crippen LogP contribution in [-0.4, -0.2) is 17.3 Å². The number of hydrogen-bond donors (Lipinski definition) is 1. The highest BCUT2D eigenvalue weighted by molar-refractivity contribution is 6.25. The second kappa shape index (κ2) is 6.42. The molecule has 0 spiro atoms. The van der Waals surface area contributed by atoms with E-state index in [1.54, 1.807) is 0 Å². The van der Waals surface area contributed by atoms with Gasteiger partial charge in [0, 0.05) is 17.0 Å². The van der Waals surface area contributed by atoms with Crippen LogP contribution in [0.15, 0.2) is 90.1 Å². The highest BCUT2D eigenvalue weighted by atomic mass is 16.1. The molecule has 0 unspecified atom stereocenters. The van der Waals surface area contributed by atoms with Gasteiger partial charge in [-0.1, -0.05) is 66.7 Å². The fourth-order valence-electron chi connectivity index (χ4n) is 4.44. The van der Waals surface area contributed by atoms with Gasteiger partial charge in [0.2, 0.25) is 6.41 Å². The molecule has 142 valence electrons. The zero-order valence-corrected chi connectivity index (χ0v) is 16.0. The number of para-hydroxylation sites is 1.